The zero-order valence-corrected chi connectivity index (χ0v) is 15.1. The predicted molar refractivity (Wildman–Crippen MR) is 101 cm³/mol. The molecule has 1 atom stereocenters. The van der Waals surface area contributed by atoms with E-state index in [1.807, 2.05) is 31.3 Å². The highest BCUT2D eigenvalue weighted by Crippen LogP contribution is 2.33. The molecule has 0 aliphatic carbocycles. The zero-order chi connectivity index (χ0) is 17.6. The van der Waals surface area contributed by atoms with Crippen molar-refractivity contribution in [1.82, 2.24) is 4.98 Å². The molecule has 2 aromatic carbocycles. The Morgan fingerprint density at radius 2 is 2.20 bits per heavy atom. The fraction of sp³-hybridized carbons (Fsp3) is 0.211. The fourth-order valence-corrected chi connectivity index (χ4v) is 4.29. The fourth-order valence-electron chi connectivity index (χ4n) is 3.13. The maximum Gasteiger partial charge on any atom is 0.187 e. The zero-order valence-electron chi connectivity index (χ0n) is 13.5. The molecule has 25 heavy (non-hydrogen) atoms. The first kappa shape index (κ1) is 16.1. The van der Waals surface area contributed by atoms with E-state index in [0.29, 0.717) is 21.1 Å². The van der Waals surface area contributed by atoms with Crippen molar-refractivity contribution in [2.75, 3.05) is 18.5 Å². The molecule has 3 aromatic rings. The number of halogens is 1. The van der Waals surface area contributed by atoms with Crippen LogP contribution in [0, 0.1) is 11.3 Å². The Hall–Kier alpha value is -2.42. The molecular formula is C19H14ClN3OS. The van der Waals surface area contributed by atoms with Crippen molar-refractivity contribution in [3.05, 3.63) is 57.6 Å². The number of fused-ring (bicyclic) bond motifs is 2. The third-order valence-electron chi connectivity index (χ3n) is 4.50. The molecule has 0 saturated carbocycles. The Kier molecular flexibility index (Phi) is 3.95. The molecule has 4 nitrogen and oxygen atoms in total. The lowest BCUT2D eigenvalue weighted by Gasteiger charge is -2.13. The van der Waals surface area contributed by atoms with Gasteiger partial charge < -0.3 is 4.90 Å². The number of rotatable bonds is 3. The maximum absolute atomic E-state index is 12.9. The smallest absolute Gasteiger partial charge is 0.187 e. The van der Waals surface area contributed by atoms with E-state index in [0.717, 1.165) is 23.4 Å². The van der Waals surface area contributed by atoms with Gasteiger partial charge in [-0.1, -0.05) is 23.7 Å². The SMILES string of the molecule is CN1CCc2ccc(C(=O)C(C#N)c3nc4cc(Cl)ccc4s3)cc21. The highest BCUT2D eigenvalue weighted by molar-refractivity contribution is 7.18. The molecule has 0 spiro atoms. The summed E-state index contributed by atoms with van der Waals surface area (Å²) in [5.41, 5.74) is 3.58. The van der Waals surface area contributed by atoms with E-state index in [9.17, 15) is 10.1 Å². The van der Waals surface area contributed by atoms with E-state index in [-0.39, 0.29) is 5.78 Å². The van der Waals surface area contributed by atoms with Gasteiger partial charge in [0.15, 0.2) is 11.7 Å². The maximum atomic E-state index is 12.9. The lowest BCUT2D eigenvalue weighted by atomic mass is 9.97. The Morgan fingerprint density at radius 3 is 3.00 bits per heavy atom. The van der Waals surface area contributed by atoms with Crippen molar-refractivity contribution in [3.8, 4) is 6.07 Å². The Morgan fingerprint density at radius 1 is 1.36 bits per heavy atom. The summed E-state index contributed by atoms with van der Waals surface area (Å²) >= 11 is 7.36. The molecule has 1 aliphatic heterocycles. The minimum absolute atomic E-state index is 0.212. The summed E-state index contributed by atoms with van der Waals surface area (Å²) in [5.74, 6) is -1.11. The number of nitrogens with zero attached hydrogens (tertiary/aromatic N) is 3. The quantitative estimate of drug-likeness (QED) is 0.642. The standard InChI is InChI=1S/C19H14ClN3OS/c1-23-7-6-11-2-3-12(8-16(11)23)18(24)14(10-21)19-22-15-9-13(20)4-5-17(15)25-19/h2-5,8-9,14H,6-7H2,1H3. The van der Waals surface area contributed by atoms with Crippen molar-refractivity contribution in [1.29, 1.82) is 5.26 Å². The Labute approximate surface area is 154 Å². The number of carbonyl (C=O) groups excluding carboxylic acids is 1. The van der Waals surface area contributed by atoms with Gasteiger partial charge in [-0.3, -0.25) is 4.79 Å². The van der Waals surface area contributed by atoms with Crippen LogP contribution < -0.4 is 4.90 Å². The van der Waals surface area contributed by atoms with Crippen LogP contribution in [0.1, 0.15) is 26.8 Å². The number of nitriles is 1. The average Bonchev–Trinajstić information content (AvgIpc) is 3.18. The number of Topliss-reactive ketones (excluding diaryl/α,β-unsaturated/α-hetero) is 1. The summed E-state index contributed by atoms with van der Waals surface area (Å²) in [4.78, 5) is 19.5. The van der Waals surface area contributed by atoms with Crippen LogP contribution in [0.5, 0.6) is 0 Å². The van der Waals surface area contributed by atoms with Gasteiger partial charge in [0.1, 0.15) is 5.01 Å². The topological polar surface area (TPSA) is 57.0 Å². The highest BCUT2D eigenvalue weighted by Gasteiger charge is 2.27. The van der Waals surface area contributed by atoms with Crippen LogP contribution in [0.4, 0.5) is 5.69 Å². The molecule has 0 radical (unpaired) electrons. The third kappa shape index (κ3) is 2.78. The molecule has 6 heteroatoms. The number of hydrogen-bond acceptors (Lipinski definition) is 5. The summed E-state index contributed by atoms with van der Waals surface area (Å²) in [5, 5.41) is 10.7. The van der Waals surface area contributed by atoms with Crippen molar-refractivity contribution in [2.24, 2.45) is 0 Å². The number of benzene rings is 2. The van der Waals surface area contributed by atoms with Crippen molar-refractivity contribution < 1.29 is 4.79 Å². The number of carbonyl (C=O) groups is 1. The minimum Gasteiger partial charge on any atom is -0.374 e. The molecule has 4 rings (SSSR count). The van der Waals surface area contributed by atoms with Crippen LogP contribution in [0.25, 0.3) is 10.2 Å². The molecule has 1 aliphatic rings. The second-order valence-electron chi connectivity index (χ2n) is 6.11. The first-order valence-electron chi connectivity index (χ1n) is 7.90. The number of hydrogen-bond donors (Lipinski definition) is 0. The van der Waals surface area contributed by atoms with Gasteiger partial charge >= 0.3 is 0 Å². The molecule has 0 fully saturated rings. The predicted octanol–water partition coefficient (Wildman–Crippen LogP) is 4.43. The van der Waals surface area contributed by atoms with E-state index < -0.39 is 5.92 Å². The molecule has 0 bridgehead atoms. The van der Waals surface area contributed by atoms with Gasteiger partial charge in [0, 0.05) is 29.9 Å². The van der Waals surface area contributed by atoms with Crippen LogP contribution >= 0.6 is 22.9 Å². The molecule has 0 amide bonds. The Bertz CT molecular complexity index is 1040. The van der Waals surface area contributed by atoms with Gasteiger partial charge in [-0.25, -0.2) is 4.98 Å². The second kappa shape index (κ2) is 6.14. The monoisotopic (exact) mass is 367 g/mol. The van der Waals surface area contributed by atoms with Crippen LogP contribution in [-0.2, 0) is 6.42 Å². The van der Waals surface area contributed by atoms with Gasteiger partial charge in [0.05, 0.1) is 16.3 Å². The molecule has 124 valence electrons. The van der Waals surface area contributed by atoms with Crippen molar-refractivity contribution >= 4 is 44.6 Å². The lowest BCUT2D eigenvalue weighted by Crippen LogP contribution is -2.14. The molecule has 1 unspecified atom stereocenters. The van der Waals surface area contributed by atoms with Crippen LogP contribution in [0.3, 0.4) is 0 Å². The van der Waals surface area contributed by atoms with Gasteiger partial charge in [-0.05, 0) is 36.2 Å². The molecule has 0 N–H and O–H groups in total. The van der Waals surface area contributed by atoms with Crippen molar-refractivity contribution in [3.63, 3.8) is 0 Å². The van der Waals surface area contributed by atoms with E-state index in [1.165, 1.54) is 16.9 Å². The summed E-state index contributed by atoms with van der Waals surface area (Å²) in [6, 6.07) is 13.2. The lowest BCUT2D eigenvalue weighted by molar-refractivity contribution is 0.0979. The van der Waals surface area contributed by atoms with Crippen LogP contribution in [0.2, 0.25) is 5.02 Å². The van der Waals surface area contributed by atoms with E-state index in [4.69, 9.17) is 11.6 Å². The van der Waals surface area contributed by atoms with Gasteiger partial charge in [0.2, 0.25) is 0 Å². The molecule has 0 saturated heterocycles. The largest absolute Gasteiger partial charge is 0.374 e. The summed E-state index contributed by atoms with van der Waals surface area (Å²) in [7, 11) is 2.01. The first-order valence-corrected chi connectivity index (χ1v) is 9.10. The molecule has 2 heterocycles. The van der Waals surface area contributed by atoms with Crippen LogP contribution in [0.15, 0.2) is 36.4 Å². The van der Waals surface area contributed by atoms with Crippen molar-refractivity contribution in [2.45, 2.75) is 12.3 Å². The second-order valence-corrected chi connectivity index (χ2v) is 7.60. The van der Waals surface area contributed by atoms with Gasteiger partial charge in [0.25, 0.3) is 0 Å². The summed E-state index contributed by atoms with van der Waals surface area (Å²) < 4.78 is 0.918. The number of likely N-dealkylation sites (N-methyl/N-ethyl adjacent to an activating group) is 1. The van der Waals surface area contributed by atoms with E-state index >= 15 is 0 Å². The summed E-state index contributed by atoms with van der Waals surface area (Å²) in [6.07, 6.45) is 0.987. The average molecular weight is 368 g/mol. The highest BCUT2D eigenvalue weighted by atomic mass is 35.5. The number of ketones is 1. The normalized spacial score (nSPS) is 14.4. The van der Waals surface area contributed by atoms with E-state index in [2.05, 4.69) is 16.0 Å². The summed E-state index contributed by atoms with van der Waals surface area (Å²) in [6.45, 7) is 0.952. The number of aromatic nitrogens is 1. The first-order chi connectivity index (χ1) is 12.1. The number of anilines is 1. The number of thiazole rings is 1. The molecular weight excluding hydrogens is 354 g/mol. The van der Waals surface area contributed by atoms with E-state index in [1.54, 1.807) is 12.1 Å². The minimum atomic E-state index is -0.902. The Balaban J connectivity index is 1.72. The molecule has 1 aromatic heterocycles. The van der Waals surface area contributed by atoms with Gasteiger partial charge in [-0.15, -0.1) is 11.3 Å². The third-order valence-corrected chi connectivity index (χ3v) is 5.84. The van der Waals surface area contributed by atoms with Crippen LogP contribution in [-0.4, -0.2) is 24.4 Å². The van der Waals surface area contributed by atoms with Gasteiger partial charge in [-0.2, -0.15) is 5.26 Å².